The van der Waals surface area contributed by atoms with E-state index in [4.69, 9.17) is 9.47 Å². The van der Waals surface area contributed by atoms with Crippen molar-refractivity contribution in [3.8, 4) is 0 Å². The third-order valence-electron chi connectivity index (χ3n) is 4.13. The molecule has 1 saturated carbocycles. The minimum absolute atomic E-state index is 0.0394. The second-order valence-electron chi connectivity index (χ2n) is 5.74. The van der Waals surface area contributed by atoms with Crippen LogP contribution in [-0.2, 0) is 9.47 Å². The summed E-state index contributed by atoms with van der Waals surface area (Å²) in [6, 6.07) is 7.32. The van der Waals surface area contributed by atoms with E-state index in [2.05, 4.69) is 21.2 Å². The smallest absolute Gasteiger partial charge is 0.251 e. The summed E-state index contributed by atoms with van der Waals surface area (Å²) >= 11 is 3.36. The zero-order valence-corrected chi connectivity index (χ0v) is 13.5. The molecule has 1 spiro atoms. The predicted octanol–water partition coefficient (Wildman–Crippen LogP) is 3.25. The number of carbonyl (C=O) groups is 1. The average Bonchev–Trinajstić information content (AvgIpc) is 2.89. The van der Waals surface area contributed by atoms with E-state index in [-0.39, 0.29) is 17.8 Å². The Morgan fingerprint density at radius 3 is 2.67 bits per heavy atom. The first-order valence-corrected chi connectivity index (χ1v) is 8.32. The summed E-state index contributed by atoms with van der Waals surface area (Å²) in [4.78, 5) is 12.1. The van der Waals surface area contributed by atoms with Crippen LogP contribution in [0.2, 0.25) is 0 Å². The van der Waals surface area contributed by atoms with Gasteiger partial charge in [-0.1, -0.05) is 22.4 Å². The number of carbonyl (C=O) groups excluding carboxylic acids is 1. The zero-order valence-electron chi connectivity index (χ0n) is 11.9. The highest BCUT2D eigenvalue weighted by Gasteiger charge is 2.42. The minimum atomic E-state index is -0.370. The zero-order chi connectivity index (χ0) is 14.7. The van der Waals surface area contributed by atoms with Crippen LogP contribution in [0.1, 0.15) is 42.5 Å². The molecular formula is C16H20BrNO3. The van der Waals surface area contributed by atoms with Gasteiger partial charge < -0.3 is 14.8 Å². The molecule has 0 bridgehead atoms. The molecule has 1 heterocycles. The van der Waals surface area contributed by atoms with Crippen molar-refractivity contribution in [2.45, 2.75) is 44.0 Å². The standard InChI is InChI=1S/C16H20BrNO3/c17-13-6-4-12(5-7-13)15(19)18-10-14-11-20-16(21-14)8-2-1-3-9-16/h4-7,14H,1-3,8-11H2,(H,18,19)/t14-/m1/s1. The molecule has 1 amide bonds. The number of amides is 1. The van der Waals surface area contributed by atoms with E-state index >= 15 is 0 Å². The fraction of sp³-hybridized carbons (Fsp3) is 0.562. The SMILES string of the molecule is O=C(NC[C@@H]1COC2(CCCCC2)O1)c1ccc(Br)cc1. The van der Waals surface area contributed by atoms with Crippen molar-refractivity contribution in [3.63, 3.8) is 0 Å². The first-order chi connectivity index (χ1) is 10.2. The predicted molar refractivity (Wildman–Crippen MR) is 83.1 cm³/mol. The van der Waals surface area contributed by atoms with Crippen LogP contribution in [0.3, 0.4) is 0 Å². The number of nitrogens with one attached hydrogen (secondary N) is 1. The first kappa shape index (κ1) is 15.0. The number of hydrogen-bond donors (Lipinski definition) is 1. The Kier molecular flexibility index (Phi) is 4.62. The Hall–Kier alpha value is -0.910. The lowest BCUT2D eigenvalue weighted by Crippen LogP contribution is -2.37. The maximum absolute atomic E-state index is 12.1. The van der Waals surface area contributed by atoms with Crippen LogP contribution in [0.5, 0.6) is 0 Å². The number of benzene rings is 1. The molecular weight excluding hydrogens is 334 g/mol. The monoisotopic (exact) mass is 353 g/mol. The molecule has 0 aromatic heterocycles. The minimum Gasteiger partial charge on any atom is -0.349 e. The lowest BCUT2D eigenvalue weighted by atomic mass is 9.94. The number of rotatable bonds is 3. The van der Waals surface area contributed by atoms with Gasteiger partial charge >= 0.3 is 0 Å². The van der Waals surface area contributed by atoms with Gasteiger partial charge in [0.25, 0.3) is 5.91 Å². The third kappa shape index (κ3) is 3.65. The Balaban J connectivity index is 1.49. The topological polar surface area (TPSA) is 47.6 Å². The normalized spacial score (nSPS) is 24.1. The van der Waals surface area contributed by atoms with Crippen molar-refractivity contribution in [1.82, 2.24) is 5.32 Å². The summed E-state index contributed by atoms with van der Waals surface area (Å²) in [5, 5.41) is 2.92. The van der Waals surface area contributed by atoms with Crippen molar-refractivity contribution in [3.05, 3.63) is 34.3 Å². The van der Waals surface area contributed by atoms with Crippen molar-refractivity contribution in [2.75, 3.05) is 13.2 Å². The molecule has 0 unspecified atom stereocenters. The summed E-state index contributed by atoms with van der Waals surface area (Å²) < 4.78 is 12.9. The molecule has 1 N–H and O–H groups in total. The van der Waals surface area contributed by atoms with Gasteiger partial charge in [0.05, 0.1) is 6.61 Å². The highest BCUT2D eigenvalue weighted by Crippen LogP contribution is 2.37. The molecule has 1 saturated heterocycles. The maximum atomic E-state index is 12.1. The highest BCUT2D eigenvalue weighted by molar-refractivity contribution is 9.10. The van der Waals surface area contributed by atoms with E-state index in [0.717, 1.165) is 30.2 Å². The van der Waals surface area contributed by atoms with Crippen LogP contribution in [0.25, 0.3) is 0 Å². The van der Waals surface area contributed by atoms with E-state index < -0.39 is 0 Å². The van der Waals surface area contributed by atoms with Gasteiger partial charge in [-0.15, -0.1) is 0 Å². The molecule has 1 aromatic carbocycles. The lowest BCUT2D eigenvalue weighted by Gasteiger charge is -2.31. The largest absolute Gasteiger partial charge is 0.349 e. The molecule has 5 heteroatoms. The number of hydrogen-bond acceptors (Lipinski definition) is 3. The molecule has 4 nitrogen and oxygen atoms in total. The third-order valence-corrected chi connectivity index (χ3v) is 4.65. The summed E-state index contributed by atoms with van der Waals surface area (Å²) in [5.41, 5.74) is 0.657. The molecule has 1 aliphatic carbocycles. The summed E-state index contributed by atoms with van der Waals surface area (Å²) in [7, 11) is 0. The van der Waals surface area contributed by atoms with Crippen LogP contribution in [-0.4, -0.2) is 30.9 Å². The van der Waals surface area contributed by atoms with Gasteiger partial charge in [-0.05, 0) is 37.1 Å². The highest BCUT2D eigenvalue weighted by atomic mass is 79.9. The molecule has 0 radical (unpaired) electrons. The second-order valence-corrected chi connectivity index (χ2v) is 6.65. The Morgan fingerprint density at radius 2 is 1.95 bits per heavy atom. The Bertz CT molecular complexity index is 497. The van der Waals surface area contributed by atoms with Crippen molar-refractivity contribution in [2.24, 2.45) is 0 Å². The first-order valence-electron chi connectivity index (χ1n) is 7.52. The fourth-order valence-electron chi connectivity index (χ4n) is 2.98. The quantitative estimate of drug-likeness (QED) is 0.907. The molecule has 114 valence electrons. The van der Waals surface area contributed by atoms with Gasteiger partial charge in [0.15, 0.2) is 5.79 Å². The van der Waals surface area contributed by atoms with Gasteiger partial charge in [0.2, 0.25) is 0 Å². The van der Waals surface area contributed by atoms with E-state index in [1.165, 1.54) is 6.42 Å². The molecule has 1 aromatic rings. The van der Waals surface area contributed by atoms with Crippen molar-refractivity contribution in [1.29, 1.82) is 0 Å². The molecule has 1 aliphatic heterocycles. The molecule has 1 atom stereocenters. The van der Waals surface area contributed by atoms with Crippen LogP contribution in [0.15, 0.2) is 28.7 Å². The van der Waals surface area contributed by atoms with E-state index in [9.17, 15) is 4.79 Å². The van der Waals surface area contributed by atoms with Crippen LogP contribution in [0.4, 0.5) is 0 Å². The van der Waals surface area contributed by atoms with Crippen LogP contribution < -0.4 is 5.32 Å². The molecule has 2 aliphatic rings. The summed E-state index contributed by atoms with van der Waals surface area (Å²) in [6.07, 6.45) is 5.51. The number of ether oxygens (including phenoxy) is 2. The van der Waals surface area contributed by atoms with Crippen molar-refractivity contribution < 1.29 is 14.3 Å². The van der Waals surface area contributed by atoms with Crippen molar-refractivity contribution >= 4 is 21.8 Å². The van der Waals surface area contributed by atoms with Gasteiger partial charge in [-0.2, -0.15) is 0 Å². The van der Waals surface area contributed by atoms with Gasteiger partial charge in [-0.3, -0.25) is 4.79 Å². The van der Waals surface area contributed by atoms with Gasteiger partial charge in [-0.25, -0.2) is 0 Å². The van der Waals surface area contributed by atoms with Crippen LogP contribution in [0, 0.1) is 0 Å². The summed E-state index contributed by atoms with van der Waals surface area (Å²) in [6.45, 7) is 1.07. The fourth-order valence-corrected chi connectivity index (χ4v) is 3.24. The number of halogens is 1. The average molecular weight is 354 g/mol. The second kappa shape index (κ2) is 6.46. The van der Waals surface area contributed by atoms with Gasteiger partial charge in [0.1, 0.15) is 6.10 Å². The molecule has 3 rings (SSSR count). The van der Waals surface area contributed by atoms with E-state index in [0.29, 0.717) is 18.7 Å². The lowest BCUT2D eigenvalue weighted by molar-refractivity contribution is -0.186. The van der Waals surface area contributed by atoms with Gasteiger partial charge in [0, 0.05) is 29.4 Å². The Morgan fingerprint density at radius 1 is 1.24 bits per heavy atom. The molecule has 2 fully saturated rings. The maximum Gasteiger partial charge on any atom is 0.251 e. The van der Waals surface area contributed by atoms with E-state index in [1.54, 1.807) is 12.1 Å². The Labute approximate surface area is 133 Å². The van der Waals surface area contributed by atoms with Crippen LogP contribution >= 0.6 is 15.9 Å². The van der Waals surface area contributed by atoms with E-state index in [1.807, 2.05) is 12.1 Å². The molecule has 21 heavy (non-hydrogen) atoms. The summed E-state index contributed by atoms with van der Waals surface area (Å²) in [5.74, 6) is -0.443.